The lowest BCUT2D eigenvalue weighted by atomic mass is 10.0. The minimum absolute atomic E-state index is 0.117. The number of piperidine rings is 1. The van der Waals surface area contributed by atoms with Gasteiger partial charge in [0.1, 0.15) is 0 Å². The summed E-state index contributed by atoms with van der Waals surface area (Å²) in [6.45, 7) is 3.87. The fourth-order valence-corrected chi connectivity index (χ4v) is 4.25. The molecule has 3 aromatic carbocycles. The van der Waals surface area contributed by atoms with Crippen LogP contribution in [0.25, 0.3) is 11.6 Å². The molecule has 1 amide bonds. The van der Waals surface area contributed by atoms with Crippen LogP contribution >= 0.6 is 11.6 Å². The van der Waals surface area contributed by atoms with Gasteiger partial charge in [-0.3, -0.25) is 9.69 Å². The summed E-state index contributed by atoms with van der Waals surface area (Å²) in [6.07, 6.45) is 5.81. The maximum atomic E-state index is 13.1. The third kappa shape index (κ3) is 6.09. The number of likely N-dealkylation sites (tertiary alicyclic amines) is 1. The highest BCUT2D eigenvalue weighted by Gasteiger charge is 2.13. The average molecular weight is 445 g/mol. The van der Waals surface area contributed by atoms with Crippen molar-refractivity contribution >= 4 is 29.2 Å². The van der Waals surface area contributed by atoms with E-state index < -0.39 is 0 Å². The number of hydrogen-bond acceptors (Lipinski definition) is 2. The second-order valence-corrected chi connectivity index (χ2v) is 8.69. The molecule has 0 atom stereocenters. The molecule has 0 unspecified atom stereocenters. The van der Waals surface area contributed by atoms with Crippen molar-refractivity contribution in [2.45, 2.75) is 32.4 Å². The Hall–Kier alpha value is -2.88. The average Bonchev–Trinajstić information content (AvgIpc) is 2.84. The molecular formula is C28H29ClN2O. The van der Waals surface area contributed by atoms with Crippen molar-refractivity contribution in [3.63, 3.8) is 0 Å². The summed E-state index contributed by atoms with van der Waals surface area (Å²) >= 11 is 6.34. The van der Waals surface area contributed by atoms with Crippen molar-refractivity contribution in [1.29, 1.82) is 0 Å². The van der Waals surface area contributed by atoms with Crippen LogP contribution in [0.15, 0.2) is 78.9 Å². The van der Waals surface area contributed by atoms with Crippen LogP contribution in [0.4, 0.5) is 0 Å². The Balaban J connectivity index is 1.44. The Morgan fingerprint density at radius 1 is 0.844 bits per heavy atom. The van der Waals surface area contributed by atoms with E-state index in [0.29, 0.717) is 17.1 Å². The smallest absolute Gasteiger partial charge is 0.252 e. The summed E-state index contributed by atoms with van der Waals surface area (Å²) in [4.78, 5) is 15.7. The molecule has 0 saturated carbocycles. The fraction of sp³-hybridized carbons (Fsp3) is 0.250. The van der Waals surface area contributed by atoms with Crippen LogP contribution in [0.5, 0.6) is 0 Å². The Kier molecular flexibility index (Phi) is 7.76. The Morgan fingerprint density at radius 2 is 1.50 bits per heavy atom. The van der Waals surface area contributed by atoms with Crippen LogP contribution in [0.1, 0.15) is 41.5 Å². The van der Waals surface area contributed by atoms with E-state index >= 15 is 0 Å². The predicted octanol–water partition coefficient (Wildman–Crippen LogP) is 6.18. The quantitative estimate of drug-likeness (QED) is 0.348. The van der Waals surface area contributed by atoms with Crippen molar-refractivity contribution in [1.82, 2.24) is 10.2 Å². The van der Waals surface area contributed by atoms with E-state index in [-0.39, 0.29) is 5.91 Å². The molecule has 164 valence electrons. The molecule has 1 heterocycles. The molecule has 0 aliphatic carbocycles. The van der Waals surface area contributed by atoms with E-state index in [4.69, 9.17) is 11.6 Å². The third-order valence-corrected chi connectivity index (χ3v) is 6.21. The molecule has 1 N–H and O–H groups in total. The first kappa shape index (κ1) is 22.3. The maximum absolute atomic E-state index is 13.1. The van der Waals surface area contributed by atoms with Crippen molar-refractivity contribution in [2.24, 2.45) is 0 Å². The molecule has 1 fully saturated rings. The summed E-state index contributed by atoms with van der Waals surface area (Å²) in [6, 6.07) is 25.8. The van der Waals surface area contributed by atoms with Crippen LogP contribution in [0.2, 0.25) is 5.02 Å². The summed E-state index contributed by atoms with van der Waals surface area (Å²) in [7, 11) is 0. The first-order valence-corrected chi connectivity index (χ1v) is 11.7. The van der Waals surface area contributed by atoms with Gasteiger partial charge in [0.2, 0.25) is 0 Å². The molecule has 1 aliphatic rings. The maximum Gasteiger partial charge on any atom is 0.252 e. The topological polar surface area (TPSA) is 32.3 Å². The van der Waals surface area contributed by atoms with Crippen molar-refractivity contribution in [3.05, 3.63) is 106 Å². The molecule has 0 radical (unpaired) electrons. The number of nitrogens with one attached hydrogen (secondary N) is 1. The first-order chi connectivity index (χ1) is 15.7. The van der Waals surface area contributed by atoms with Crippen molar-refractivity contribution in [3.8, 4) is 0 Å². The van der Waals surface area contributed by atoms with Gasteiger partial charge in [0, 0.05) is 23.7 Å². The highest BCUT2D eigenvalue weighted by Crippen LogP contribution is 2.23. The third-order valence-electron chi connectivity index (χ3n) is 5.87. The number of hydrogen-bond donors (Lipinski definition) is 1. The molecule has 4 rings (SSSR count). The van der Waals surface area contributed by atoms with Crippen LogP contribution in [0.3, 0.4) is 0 Å². The van der Waals surface area contributed by atoms with Crippen LogP contribution < -0.4 is 5.32 Å². The van der Waals surface area contributed by atoms with Crippen LogP contribution in [-0.2, 0) is 17.9 Å². The first-order valence-electron chi connectivity index (χ1n) is 11.3. The lowest BCUT2D eigenvalue weighted by molar-refractivity contribution is -0.115. The Bertz CT molecular complexity index is 1050. The molecule has 1 saturated heterocycles. The minimum Gasteiger partial charge on any atom is -0.348 e. The molecule has 0 bridgehead atoms. The lowest BCUT2D eigenvalue weighted by Crippen LogP contribution is -2.29. The van der Waals surface area contributed by atoms with Crippen LogP contribution in [0, 0.1) is 0 Å². The summed E-state index contributed by atoms with van der Waals surface area (Å²) in [5, 5.41) is 3.70. The fourth-order valence-electron chi connectivity index (χ4n) is 4.06. The Morgan fingerprint density at radius 3 is 2.22 bits per heavy atom. The zero-order valence-electron chi connectivity index (χ0n) is 18.3. The lowest BCUT2D eigenvalue weighted by Gasteiger charge is -2.26. The summed E-state index contributed by atoms with van der Waals surface area (Å²) < 4.78 is 0. The number of halogens is 1. The zero-order chi connectivity index (χ0) is 22.2. The molecule has 4 heteroatoms. The molecular weight excluding hydrogens is 416 g/mol. The second-order valence-electron chi connectivity index (χ2n) is 8.28. The molecule has 3 aromatic rings. The van der Waals surface area contributed by atoms with E-state index in [9.17, 15) is 4.79 Å². The van der Waals surface area contributed by atoms with Crippen LogP contribution in [-0.4, -0.2) is 23.9 Å². The van der Waals surface area contributed by atoms with E-state index in [1.54, 1.807) is 0 Å². The minimum atomic E-state index is -0.117. The van der Waals surface area contributed by atoms with E-state index in [0.717, 1.165) is 23.2 Å². The predicted molar refractivity (Wildman–Crippen MR) is 133 cm³/mol. The van der Waals surface area contributed by atoms with Crippen molar-refractivity contribution < 1.29 is 4.79 Å². The summed E-state index contributed by atoms with van der Waals surface area (Å²) in [5.41, 5.74) is 4.70. The van der Waals surface area contributed by atoms with Crippen molar-refractivity contribution in [2.75, 3.05) is 13.1 Å². The monoisotopic (exact) mass is 444 g/mol. The van der Waals surface area contributed by atoms with E-state index in [2.05, 4.69) is 34.5 Å². The molecule has 32 heavy (non-hydrogen) atoms. The van der Waals surface area contributed by atoms with Gasteiger partial charge < -0.3 is 5.32 Å². The van der Waals surface area contributed by atoms with Gasteiger partial charge in [-0.1, -0.05) is 90.8 Å². The SMILES string of the molecule is O=C(NCc1ccc(CN2CCCCC2)cc1)/C(=C/c1ccccc1Cl)c1ccccc1. The Labute approximate surface area is 195 Å². The second kappa shape index (κ2) is 11.1. The van der Waals surface area contributed by atoms with Gasteiger partial charge in [0.15, 0.2) is 0 Å². The largest absolute Gasteiger partial charge is 0.348 e. The number of benzene rings is 3. The highest BCUT2D eigenvalue weighted by molar-refractivity contribution is 6.33. The van der Waals surface area contributed by atoms with Gasteiger partial charge in [0.25, 0.3) is 5.91 Å². The molecule has 1 aliphatic heterocycles. The molecule has 0 aromatic heterocycles. The highest BCUT2D eigenvalue weighted by atomic mass is 35.5. The molecule has 0 spiro atoms. The van der Waals surface area contributed by atoms with E-state index in [1.165, 1.54) is 37.9 Å². The standard InChI is InChI=1S/C28H29ClN2O/c29-27-12-6-5-11-25(27)19-26(24-9-3-1-4-10-24)28(32)30-20-22-13-15-23(16-14-22)21-31-17-7-2-8-18-31/h1,3-6,9-16,19H,2,7-8,17-18,20-21H2,(H,30,32)/b26-19+. The van der Waals surface area contributed by atoms with Gasteiger partial charge in [0.05, 0.1) is 0 Å². The number of amides is 1. The normalized spacial score (nSPS) is 14.8. The van der Waals surface area contributed by atoms with Gasteiger partial charge >= 0.3 is 0 Å². The van der Waals surface area contributed by atoms with Gasteiger partial charge in [-0.2, -0.15) is 0 Å². The van der Waals surface area contributed by atoms with E-state index in [1.807, 2.05) is 60.7 Å². The molecule has 3 nitrogen and oxygen atoms in total. The zero-order valence-corrected chi connectivity index (χ0v) is 19.0. The van der Waals surface area contributed by atoms with Gasteiger partial charge in [-0.15, -0.1) is 0 Å². The van der Waals surface area contributed by atoms with Gasteiger partial charge in [-0.25, -0.2) is 0 Å². The van der Waals surface area contributed by atoms with Gasteiger partial charge in [-0.05, 0) is 60.3 Å². The number of nitrogens with zero attached hydrogens (tertiary/aromatic N) is 1. The number of carbonyl (C=O) groups excluding carboxylic acids is 1. The number of carbonyl (C=O) groups is 1. The summed E-state index contributed by atoms with van der Waals surface area (Å²) in [5.74, 6) is -0.117. The number of rotatable bonds is 7.